The summed E-state index contributed by atoms with van der Waals surface area (Å²) in [6.45, 7) is 0.919. The number of carbonyl (C=O) groups is 2. The Hall–Kier alpha value is -2.71. The molecule has 2 aromatic rings. The van der Waals surface area contributed by atoms with Gasteiger partial charge < -0.3 is 10.6 Å². The maximum Gasteiger partial charge on any atom is 0.251 e. The van der Waals surface area contributed by atoms with Crippen molar-refractivity contribution in [2.75, 3.05) is 31.6 Å². The average Bonchev–Trinajstić information content (AvgIpc) is 2.74. The van der Waals surface area contributed by atoms with Crippen LogP contribution in [0.4, 0.5) is 0 Å². The van der Waals surface area contributed by atoms with Crippen molar-refractivity contribution in [2.45, 2.75) is 12.6 Å². The lowest BCUT2D eigenvalue weighted by Crippen LogP contribution is -2.47. The van der Waals surface area contributed by atoms with E-state index in [0.717, 1.165) is 11.1 Å². The van der Waals surface area contributed by atoms with Gasteiger partial charge in [0.15, 0.2) is 9.84 Å². The van der Waals surface area contributed by atoms with E-state index in [4.69, 9.17) is 0 Å². The van der Waals surface area contributed by atoms with Crippen molar-refractivity contribution >= 4 is 21.7 Å². The van der Waals surface area contributed by atoms with E-state index in [-0.39, 0.29) is 29.9 Å². The number of nitrogens with zero attached hydrogens (tertiary/aromatic N) is 1. The SMILES string of the molecule is CNC(=O)c1cccc(CNC(=O)C(c2ccccc2)N2CCS(=O)(=O)CC2)c1. The molecule has 1 saturated heterocycles. The van der Waals surface area contributed by atoms with Gasteiger partial charge in [0, 0.05) is 32.2 Å². The summed E-state index contributed by atoms with van der Waals surface area (Å²) in [4.78, 5) is 26.8. The summed E-state index contributed by atoms with van der Waals surface area (Å²) in [5, 5.41) is 5.52. The van der Waals surface area contributed by atoms with Crippen LogP contribution in [0.5, 0.6) is 0 Å². The van der Waals surface area contributed by atoms with E-state index in [1.807, 2.05) is 41.3 Å². The second-order valence-electron chi connectivity index (χ2n) is 7.00. The zero-order chi connectivity index (χ0) is 20.9. The van der Waals surface area contributed by atoms with E-state index in [2.05, 4.69) is 10.6 Å². The molecule has 0 bridgehead atoms. The number of carbonyl (C=O) groups excluding carboxylic acids is 2. The van der Waals surface area contributed by atoms with Gasteiger partial charge in [0.25, 0.3) is 5.91 Å². The van der Waals surface area contributed by atoms with Gasteiger partial charge in [-0.3, -0.25) is 14.5 Å². The van der Waals surface area contributed by atoms with Crippen LogP contribution in [-0.2, 0) is 21.2 Å². The van der Waals surface area contributed by atoms with Crippen molar-refractivity contribution < 1.29 is 18.0 Å². The van der Waals surface area contributed by atoms with Crippen LogP contribution < -0.4 is 10.6 Å². The third-order valence-corrected chi connectivity index (χ3v) is 6.60. The van der Waals surface area contributed by atoms with Gasteiger partial charge in [0.2, 0.25) is 5.91 Å². The summed E-state index contributed by atoms with van der Waals surface area (Å²) in [7, 11) is -1.47. The molecule has 3 rings (SSSR count). The number of amides is 2. The Kier molecular flexibility index (Phi) is 6.66. The number of nitrogens with one attached hydrogen (secondary N) is 2. The summed E-state index contributed by atoms with van der Waals surface area (Å²) in [6, 6.07) is 15.9. The fourth-order valence-corrected chi connectivity index (χ4v) is 4.63. The van der Waals surface area contributed by atoms with Crippen LogP contribution >= 0.6 is 0 Å². The molecular weight excluding hydrogens is 390 g/mol. The lowest BCUT2D eigenvalue weighted by Gasteiger charge is -2.33. The van der Waals surface area contributed by atoms with Gasteiger partial charge in [0.1, 0.15) is 6.04 Å². The highest BCUT2D eigenvalue weighted by Crippen LogP contribution is 2.23. The molecule has 154 valence electrons. The molecule has 8 heteroatoms. The first-order valence-corrected chi connectivity index (χ1v) is 11.3. The first kappa shape index (κ1) is 21.0. The molecule has 0 spiro atoms. The van der Waals surface area contributed by atoms with Crippen LogP contribution in [0, 0.1) is 0 Å². The Morgan fingerprint density at radius 3 is 2.38 bits per heavy atom. The smallest absolute Gasteiger partial charge is 0.251 e. The Balaban J connectivity index is 1.75. The minimum Gasteiger partial charge on any atom is -0.355 e. The average molecular weight is 416 g/mol. The Labute approximate surface area is 171 Å². The highest BCUT2D eigenvalue weighted by atomic mass is 32.2. The van der Waals surface area contributed by atoms with Crippen molar-refractivity contribution in [1.29, 1.82) is 0 Å². The van der Waals surface area contributed by atoms with Crippen LogP contribution in [0.3, 0.4) is 0 Å². The van der Waals surface area contributed by atoms with Gasteiger partial charge >= 0.3 is 0 Å². The lowest BCUT2D eigenvalue weighted by molar-refractivity contribution is -0.126. The summed E-state index contributed by atoms with van der Waals surface area (Å²) in [5.41, 5.74) is 2.16. The second-order valence-corrected chi connectivity index (χ2v) is 9.30. The maximum absolute atomic E-state index is 13.1. The van der Waals surface area contributed by atoms with Crippen LogP contribution in [0.1, 0.15) is 27.5 Å². The summed E-state index contributed by atoms with van der Waals surface area (Å²) in [6.07, 6.45) is 0. The Bertz CT molecular complexity index is 962. The summed E-state index contributed by atoms with van der Waals surface area (Å²) < 4.78 is 23.6. The van der Waals surface area contributed by atoms with Gasteiger partial charge in [-0.1, -0.05) is 42.5 Å². The first-order valence-electron chi connectivity index (χ1n) is 9.48. The molecule has 0 aromatic heterocycles. The van der Waals surface area contributed by atoms with E-state index in [9.17, 15) is 18.0 Å². The van der Waals surface area contributed by atoms with Crippen LogP contribution in [0.15, 0.2) is 54.6 Å². The highest BCUT2D eigenvalue weighted by molar-refractivity contribution is 7.91. The van der Waals surface area contributed by atoms with Crippen molar-refractivity contribution in [3.63, 3.8) is 0 Å². The van der Waals surface area contributed by atoms with Crippen LogP contribution in [0.25, 0.3) is 0 Å². The second kappa shape index (κ2) is 9.19. The van der Waals surface area contributed by atoms with Gasteiger partial charge in [-0.15, -0.1) is 0 Å². The number of sulfone groups is 1. The molecule has 7 nitrogen and oxygen atoms in total. The molecule has 1 atom stereocenters. The largest absolute Gasteiger partial charge is 0.355 e. The molecule has 2 aromatic carbocycles. The van der Waals surface area contributed by atoms with Crippen molar-refractivity contribution in [3.8, 4) is 0 Å². The van der Waals surface area contributed by atoms with Gasteiger partial charge in [-0.25, -0.2) is 8.42 Å². The third-order valence-electron chi connectivity index (χ3n) is 4.99. The third kappa shape index (κ3) is 5.42. The molecular formula is C21H25N3O4S. The topological polar surface area (TPSA) is 95.6 Å². The summed E-state index contributed by atoms with van der Waals surface area (Å²) >= 11 is 0. The Morgan fingerprint density at radius 2 is 1.72 bits per heavy atom. The molecule has 0 radical (unpaired) electrons. The molecule has 1 aliphatic rings. The standard InChI is InChI=1S/C21H25N3O4S/c1-22-20(25)18-9-5-6-16(14-18)15-23-21(26)19(17-7-3-2-4-8-17)24-10-12-29(27,28)13-11-24/h2-9,14,19H,10-13,15H2,1H3,(H,22,25)(H,23,26). The van der Waals surface area contributed by atoms with E-state index in [0.29, 0.717) is 18.7 Å². The van der Waals surface area contributed by atoms with E-state index >= 15 is 0 Å². The maximum atomic E-state index is 13.1. The van der Waals surface area contributed by atoms with Gasteiger partial charge in [-0.2, -0.15) is 0 Å². The number of hydrogen-bond acceptors (Lipinski definition) is 5. The normalized spacial score (nSPS) is 17.3. The van der Waals surface area contributed by atoms with Gasteiger partial charge in [-0.05, 0) is 23.3 Å². The van der Waals surface area contributed by atoms with Crippen molar-refractivity contribution in [2.24, 2.45) is 0 Å². The molecule has 0 saturated carbocycles. The fraction of sp³-hybridized carbons (Fsp3) is 0.333. The van der Waals surface area contributed by atoms with Crippen molar-refractivity contribution in [3.05, 3.63) is 71.3 Å². The minimum absolute atomic E-state index is 0.0534. The fourth-order valence-electron chi connectivity index (χ4n) is 3.40. The molecule has 0 aliphatic carbocycles. The Morgan fingerprint density at radius 1 is 1.03 bits per heavy atom. The predicted octanol–water partition coefficient (Wildman–Crippen LogP) is 1.13. The molecule has 1 unspecified atom stereocenters. The summed E-state index contributed by atoms with van der Waals surface area (Å²) in [5.74, 6) is -0.272. The quantitative estimate of drug-likeness (QED) is 0.738. The molecule has 1 heterocycles. The predicted molar refractivity (Wildman–Crippen MR) is 111 cm³/mol. The number of benzene rings is 2. The molecule has 1 aliphatic heterocycles. The van der Waals surface area contributed by atoms with Gasteiger partial charge in [0.05, 0.1) is 11.5 Å². The lowest BCUT2D eigenvalue weighted by atomic mass is 10.0. The zero-order valence-electron chi connectivity index (χ0n) is 16.3. The first-order chi connectivity index (χ1) is 13.9. The van der Waals surface area contributed by atoms with E-state index in [1.165, 1.54) is 0 Å². The van der Waals surface area contributed by atoms with Crippen LogP contribution in [0.2, 0.25) is 0 Å². The molecule has 2 N–H and O–H groups in total. The monoisotopic (exact) mass is 415 g/mol. The van der Waals surface area contributed by atoms with Crippen LogP contribution in [-0.4, -0.2) is 56.8 Å². The highest BCUT2D eigenvalue weighted by Gasteiger charge is 2.32. The number of hydrogen-bond donors (Lipinski definition) is 2. The molecule has 29 heavy (non-hydrogen) atoms. The van der Waals surface area contributed by atoms with E-state index < -0.39 is 15.9 Å². The van der Waals surface area contributed by atoms with E-state index in [1.54, 1.807) is 25.2 Å². The molecule has 2 amide bonds. The molecule has 1 fully saturated rings. The number of rotatable bonds is 6. The minimum atomic E-state index is -3.04. The van der Waals surface area contributed by atoms with Crippen molar-refractivity contribution in [1.82, 2.24) is 15.5 Å². The zero-order valence-corrected chi connectivity index (χ0v) is 17.1.